The van der Waals surface area contributed by atoms with Crippen LogP contribution < -0.4 is 4.74 Å². The minimum atomic E-state index is 0.777. The molecule has 0 radical (unpaired) electrons. The quantitative estimate of drug-likeness (QED) is 0.263. The number of nitrogens with zero attached hydrogens (tertiary/aromatic N) is 2. The fourth-order valence-electron chi connectivity index (χ4n) is 4.08. The van der Waals surface area contributed by atoms with Gasteiger partial charge in [-0.25, -0.2) is 9.97 Å². The van der Waals surface area contributed by atoms with Gasteiger partial charge in [-0.15, -0.1) is 0 Å². The van der Waals surface area contributed by atoms with Crippen LogP contribution in [-0.2, 0) is 6.42 Å². The topological polar surface area (TPSA) is 35.0 Å². The molecule has 1 heterocycles. The van der Waals surface area contributed by atoms with Gasteiger partial charge in [0.15, 0.2) is 0 Å². The zero-order valence-corrected chi connectivity index (χ0v) is 19.5. The maximum absolute atomic E-state index is 6.18. The van der Waals surface area contributed by atoms with Crippen molar-refractivity contribution < 1.29 is 4.74 Å². The molecule has 166 valence electrons. The van der Waals surface area contributed by atoms with Crippen molar-refractivity contribution in [2.45, 2.75) is 97.8 Å². The summed E-state index contributed by atoms with van der Waals surface area (Å²) in [5.74, 6) is 1.78. The second-order valence-corrected chi connectivity index (χ2v) is 8.65. The van der Waals surface area contributed by atoms with E-state index in [0.29, 0.717) is 0 Å². The van der Waals surface area contributed by atoms with Crippen LogP contribution in [0, 0.1) is 5.92 Å². The summed E-state index contributed by atoms with van der Waals surface area (Å²) in [6.07, 6.45) is 18.7. The standard InChI is InChI=1S/C27H42N2O/c1-4-6-7-8-9-14-20-30-26-19-13-12-18-25(26)27-24(21-28-22-29-27)17-11-10-16-23(3)15-5-2/h12-13,18-19,21-23H,4-11,14-17,20H2,1-3H3. The number of benzene rings is 1. The molecule has 0 spiro atoms. The third-order valence-corrected chi connectivity index (χ3v) is 5.86. The fourth-order valence-corrected chi connectivity index (χ4v) is 4.08. The number of unbranched alkanes of at least 4 members (excludes halogenated alkanes) is 6. The molecule has 1 unspecified atom stereocenters. The number of ether oxygens (including phenoxy) is 1. The van der Waals surface area contributed by atoms with E-state index in [1.54, 1.807) is 6.33 Å². The third kappa shape index (κ3) is 8.85. The molecule has 3 nitrogen and oxygen atoms in total. The molecule has 3 heteroatoms. The van der Waals surface area contributed by atoms with Gasteiger partial charge >= 0.3 is 0 Å². The zero-order chi connectivity index (χ0) is 21.4. The lowest BCUT2D eigenvalue weighted by Gasteiger charge is -2.14. The van der Waals surface area contributed by atoms with Crippen LogP contribution in [0.2, 0.25) is 0 Å². The van der Waals surface area contributed by atoms with Gasteiger partial charge in [0.25, 0.3) is 0 Å². The Labute approximate surface area is 184 Å². The van der Waals surface area contributed by atoms with E-state index in [9.17, 15) is 0 Å². The second-order valence-electron chi connectivity index (χ2n) is 8.65. The highest BCUT2D eigenvalue weighted by atomic mass is 16.5. The molecule has 2 aromatic rings. The highest BCUT2D eigenvalue weighted by Crippen LogP contribution is 2.31. The number of rotatable bonds is 16. The Balaban J connectivity index is 1.92. The van der Waals surface area contributed by atoms with E-state index in [-0.39, 0.29) is 0 Å². The molecule has 0 aliphatic carbocycles. The number of hydrogen-bond donors (Lipinski definition) is 0. The Morgan fingerprint density at radius 2 is 1.67 bits per heavy atom. The summed E-state index contributed by atoms with van der Waals surface area (Å²) in [5, 5.41) is 0. The minimum absolute atomic E-state index is 0.777. The molecule has 0 saturated heterocycles. The monoisotopic (exact) mass is 410 g/mol. The molecule has 1 atom stereocenters. The summed E-state index contributed by atoms with van der Waals surface area (Å²) in [6.45, 7) is 7.68. The number of para-hydroxylation sites is 1. The average Bonchev–Trinajstić information content (AvgIpc) is 2.77. The van der Waals surface area contributed by atoms with Crippen LogP contribution in [0.3, 0.4) is 0 Å². The minimum Gasteiger partial charge on any atom is -0.493 e. The molecular formula is C27H42N2O. The van der Waals surface area contributed by atoms with Crippen LogP contribution in [-0.4, -0.2) is 16.6 Å². The van der Waals surface area contributed by atoms with Crippen LogP contribution in [0.5, 0.6) is 5.75 Å². The Hall–Kier alpha value is -1.90. The number of hydrogen-bond acceptors (Lipinski definition) is 3. The van der Waals surface area contributed by atoms with Crippen molar-refractivity contribution >= 4 is 0 Å². The largest absolute Gasteiger partial charge is 0.493 e. The van der Waals surface area contributed by atoms with Crippen molar-refractivity contribution in [1.29, 1.82) is 0 Å². The van der Waals surface area contributed by atoms with Crippen LogP contribution in [0.1, 0.15) is 97.0 Å². The maximum atomic E-state index is 6.18. The Bertz CT molecular complexity index is 701. The molecule has 0 amide bonds. The number of aryl methyl sites for hydroxylation is 1. The van der Waals surface area contributed by atoms with Crippen molar-refractivity contribution in [3.8, 4) is 17.0 Å². The van der Waals surface area contributed by atoms with E-state index >= 15 is 0 Å². The van der Waals surface area contributed by atoms with Gasteiger partial charge in [0.2, 0.25) is 0 Å². The van der Waals surface area contributed by atoms with Gasteiger partial charge in [0, 0.05) is 11.8 Å². The van der Waals surface area contributed by atoms with E-state index in [1.807, 2.05) is 6.20 Å². The molecule has 0 aliphatic rings. The fraction of sp³-hybridized carbons (Fsp3) is 0.630. The molecule has 30 heavy (non-hydrogen) atoms. The summed E-state index contributed by atoms with van der Waals surface area (Å²) in [4.78, 5) is 8.94. The van der Waals surface area contributed by atoms with Gasteiger partial charge in [-0.1, -0.05) is 90.7 Å². The van der Waals surface area contributed by atoms with Crippen molar-refractivity contribution in [2.24, 2.45) is 5.92 Å². The summed E-state index contributed by atoms with van der Waals surface area (Å²) < 4.78 is 6.18. The highest BCUT2D eigenvalue weighted by Gasteiger charge is 2.12. The first kappa shape index (κ1) is 24.4. The molecule has 1 aromatic heterocycles. The van der Waals surface area contributed by atoms with Gasteiger partial charge in [-0.3, -0.25) is 0 Å². The Morgan fingerprint density at radius 1 is 0.867 bits per heavy atom. The van der Waals surface area contributed by atoms with Gasteiger partial charge in [0.1, 0.15) is 12.1 Å². The van der Waals surface area contributed by atoms with Crippen LogP contribution in [0.4, 0.5) is 0 Å². The average molecular weight is 411 g/mol. The zero-order valence-electron chi connectivity index (χ0n) is 19.5. The summed E-state index contributed by atoms with van der Waals surface area (Å²) in [5.41, 5.74) is 3.36. The van der Waals surface area contributed by atoms with E-state index in [1.165, 1.54) is 69.8 Å². The molecule has 1 aromatic carbocycles. The normalized spacial score (nSPS) is 12.1. The maximum Gasteiger partial charge on any atom is 0.128 e. The van der Waals surface area contributed by atoms with Crippen LogP contribution in [0.25, 0.3) is 11.3 Å². The SMILES string of the molecule is CCCCCCCCOc1ccccc1-c1ncncc1CCCCC(C)CCC. The highest BCUT2D eigenvalue weighted by molar-refractivity contribution is 5.69. The second kappa shape index (κ2) is 15.0. The summed E-state index contributed by atoms with van der Waals surface area (Å²) in [7, 11) is 0. The van der Waals surface area contributed by atoms with Crippen LogP contribution in [0.15, 0.2) is 36.8 Å². The smallest absolute Gasteiger partial charge is 0.128 e. The lowest BCUT2D eigenvalue weighted by Crippen LogP contribution is -2.02. The van der Waals surface area contributed by atoms with E-state index in [4.69, 9.17) is 4.74 Å². The molecule has 0 N–H and O–H groups in total. The molecule has 0 fully saturated rings. The molecule has 2 rings (SSSR count). The first-order chi connectivity index (χ1) is 14.8. The summed E-state index contributed by atoms with van der Waals surface area (Å²) in [6, 6.07) is 8.33. The van der Waals surface area contributed by atoms with E-state index < -0.39 is 0 Å². The first-order valence-corrected chi connectivity index (χ1v) is 12.3. The molecule has 0 aliphatic heterocycles. The Kier molecular flexibility index (Phi) is 12.2. The predicted octanol–water partition coefficient (Wildman–Crippen LogP) is 8.03. The van der Waals surface area contributed by atoms with Gasteiger partial charge in [-0.05, 0) is 42.9 Å². The Morgan fingerprint density at radius 3 is 2.50 bits per heavy atom. The van der Waals surface area contributed by atoms with Gasteiger partial charge in [0.05, 0.1) is 12.3 Å². The lowest BCUT2D eigenvalue weighted by atomic mass is 9.96. The first-order valence-electron chi connectivity index (χ1n) is 12.3. The van der Waals surface area contributed by atoms with E-state index in [0.717, 1.165) is 42.4 Å². The van der Waals surface area contributed by atoms with Crippen LogP contribution >= 0.6 is 0 Å². The van der Waals surface area contributed by atoms with Gasteiger partial charge in [-0.2, -0.15) is 0 Å². The lowest BCUT2D eigenvalue weighted by molar-refractivity contribution is 0.305. The van der Waals surface area contributed by atoms with Gasteiger partial charge < -0.3 is 4.74 Å². The third-order valence-electron chi connectivity index (χ3n) is 5.86. The predicted molar refractivity (Wildman–Crippen MR) is 128 cm³/mol. The summed E-state index contributed by atoms with van der Waals surface area (Å²) >= 11 is 0. The molecular weight excluding hydrogens is 368 g/mol. The number of aromatic nitrogens is 2. The van der Waals surface area contributed by atoms with Crippen molar-refractivity contribution in [3.63, 3.8) is 0 Å². The van der Waals surface area contributed by atoms with Crippen molar-refractivity contribution in [3.05, 3.63) is 42.4 Å². The van der Waals surface area contributed by atoms with E-state index in [2.05, 4.69) is 55.0 Å². The van der Waals surface area contributed by atoms with Crippen molar-refractivity contribution in [2.75, 3.05) is 6.61 Å². The van der Waals surface area contributed by atoms with Crippen molar-refractivity contribution in [1.82, 2.24) is 9.97 Å². The molecule has 0 bridgehead atoms. The molecule has 0 saturated carbocycles.